The summed E-state index contributed by atoms with van der Waals surface area (Å²) in [4.78, 5) is 0. The Bertz CT molecular complexity index is 557. The van der Waals surface area contributed by atoms with Crippen molar-refractivity contribution in [2.24, 2.45) is 0 Å². The number of aryl methyl sites for hydroxylation is 2. The van der Waals surface area contributed by atoms with Crippen molar-refractivity contribution in [3.05, 3.63) is 53.3 Å². The zero-order valence-corrected chi connectivity index (χ0v) is 11.3. The number of hydrogen-bond donors (Lipinski definition) is 2. The Labute approximate surface area is 113 Å². The fourth-order valence-electron chi connectivity index (χ4n) is 2.17. The molecule has 0 amide bonds. The molecule has 3 heteroatoms. The lowest BCUT2D eigenvalue weighted by Gasteiger charge is -2.16. The molecule has 2 aromatic rings. The molecule has 100 valence electrons. The van der Waals surface area contributed by atoms with Crippen LogP contribution in [0.5, 0.6) is 0 Å². The first kappa shape index (κ1) is 13.4. The summed E-state index contributed by atoms with van der Waals surface area (Å²) in [6.45, 7) is 4.21. The number of benzene rings is 2. The number of rotatable bonds is 4. The van der Waals surface area contributed by atoms with E-state index in [-0.39, 0.29) is 5.82 Å². The molecular formula is C16H19FN2. The third-order valence-corrected chi connectivity index (χ3v) is 3.27. The van der Waals surface area contributed by atoms with Crippen molar-refractivity contribution in [2.45, 2.75) is 26.7 Å². The average Bonchev–Trinajstić information content (AvgIpc) is 2.43. The number of nitrogens with two attached hydrogens (primary N) is 1. The molecule has 0 aromatic heterocycles. The van der Waals surface area contributed by atoms with E-state index in [2.05, 4.69) is 37.4 Å². The van der Waals surface area contributed by atoms with Crippen LogP contribution >= 0.6 is 0 Å². The Morgan fingerprint density at radius 3 is 2.26 bits per heavy atom. The Morgan fingerprint density at radius 1 is 1.05 bits per heavy atom. The van der Waals surface area contributed by atoms with Gasteiger partial charge in [0.05, 0.1) is 11.4 Å². The first-order valence-electron chi connectivity index (χ1n) is 6.58. The summed E-state index contributed by atoms with van der Waals surface area (Å²) in [5, 5.41) is 3.29. The van der Waals surface area contributed by atoms with Crippen molar-refractivity contribution in [1.82, 2.24) is 0 Å². The zero-order chi connectivity index (χ0) is 13.8. The summed E-state index contributed by atoms with van der Waals surface area (Å²) < 4.78 is 13.3. The highest BCUT2D eigenvalue weighted by atomic mass is 19.1. The van der Waals surface area contributed by atoms with Crippen LogP contribution in [0.4, 0.5) is 21.5 Å². The molecule has 0 aliphatic carbocycles. The SMILES string of the molecule is CCc1cccc(CC)c1Nc1cc(F)ccc1N. The maximum absolute atomic E-state index is 13.3. The Hall–Kier alpha value is -2.03. The molecule has 0 radical (unpaired) electrons. The largest absolute Gasteiger partial charge is 0.397 e. The van der Waals surface area contributed by atoms with Gasteiger partial charge in [-0.05, 0) is 42.2 Å². The zero-order valence-electron chi connectivity index (χ0n) is 11.3. The third kappa shape index (κ3) is 2.87. The monoisotopic (exact) mass is 258 g/mol. The van der Waals surface area contributed by atoms with Gasteiger partial charge in [-0.3, -0.25) is 0 Å². The van der Waals surface area contributed by atoms with E-state index in [1.54, 1.807) is 6.07 Å². The summed E-state index contributed by atoms with van der Waals surface area (Å²) in [7, 11) is 0. The smallest absolute Gasteiger partial charge is 0.125 e. The molecule has 0 spiro atoms. The van der Waals surface area contributed by atoms with Gasteiger partial charge in [-0.2, -0.15) is 0 Å². The van der Waals surface area contributed by atoms with Gasteiger partial charge in [0.1, 0.15) is 5.82 Å². The van der Waals surface area contributed by atoms with Crippen molar-refractivity contribution in [2.75, 3.05) is 11.1 Å². The van der Waals surface area contributed by atoms with E-state index in [9.17, 15) is 4.39 Å². The quantitative estimate of drug-likeness (QED) is 0.803. The van der Waals surface area contributed by atoms with Gasteiger partial charge in [-0.25, -0.2) is 4.39 Å². The van der Waals surface area contributed by atoms with Gasteiger partial charge < -0.3 is 11.1 Å². The average molecular weight is 258 g/mol. The molecule has 19 heavy (non-hydrogen) atoms. The van der Waals surface area contributed by atoms with Crippen LogP contribution in [0.2, 0.25) is 0 Å². The lowest BCUT2D eigenvalue weighted by Crippen LogP contribution is -2.02. The summed E-state index contributed by atoms with van der Waals surface area (Å²) in [6, 6.07) is 10.6. The number of halogens is 1. The molecule has 2 rings (SSSR count). The van der Waals surface area contributed by atoms with Gasteiger partial charge in [-0.15, -0.1) is 0 Å². The lowest BCUT2D eigenvalue weighted by molar-refractivity contribution is 0.628. The minimum atomic E-state index is -0.288. The van der Waals surface area contributed by atoms with E-state index in [1.807, 2.05) is 0 Å². The fraction of sp³-hybridized carbons (Fsp3) is 0.250. The molecule has 2 nitrogen and oxygen atoms in total. The van der Waals surface area contributed by atoms with Crippen LogP contribution in [0.15, 0.2) is 36.4 Å². The third-order valence-electron chi connectivity index (χ3n) is 3.27. The fourth-order valence-corrected chi connectivity index (χ4v) is 2.17. The lowest BCUT2D eigenvalue weighted by atomic mass is 10.0. The van der Waals surface area contributed by atoms with E-state index in [1.165, 1.54) is 23.3 Å². The van der Waals surface area contributed by atoms with Gasteiger partial charge >= 0.3 is 0 Å². The second kappa shape index (κ2) is 5.74. The topological polar surface area (TPSA) is 38.0 Å². The number of anilines is 3. The highest BCUT2D eigenvalue weighted by Crippen LogP contribution is 2.29. The molecule has 0 unspecified atom stereocenters. The highest BCUT2D eigenvalue weighted by molar-refractivity contribution is 5.75. The van der Waals surface area contributed by atoms with E-state index in [4.69, 9.17) is 5.73 Å². The van der Waals surface area contributed by atoms with E-state index in [0.29, 0.717) is 11.4 Å². The number of nitrogen functional groups attached to an aromatic ring is 1. The second-order valence-electron chi connectivity index (χ2n) is 4.51. The Morgan fingerprint density at radius 2 is 1.68 bits per heavy atom. The van der Waals surface area contributed by atoms with Crippen LogP contribution in [0.25, 0.3) is 0 Å². The second-order valence-corrected chi connectivity index (χ2v) is 4.51. The molecule has 0 atom stereocenters. The molecule has 0 aliphatic heterocycles. The standard InChI is InChI=1S/C16H19FN2/c1-3-11-6-5-7-12(4-2)16(11)19-15-10-13(17)8-9-14(15)18/h5-10,19H,3-4,18H2,1-2H3. The predicted molar refractivity (Wildman–Crippen MR) is 79.3 cm³/mol. The normalized spacial score (nSPS) is 10.5. The van der Waals surface area contributed by atoms with Crippen molar-refractivity contribution >= 4 is 17.1 Å². The molecule has 0 heterocycles. The van der Waals surface area contributed by atoms with E-state index in [0.717, 1.165) is 18.5 Å². The molecule has 0 bridgehead atoms. The summed E-state index contributed by atoms with van der Waals surface area (Å²) in [6.07, 6.45) is 1.84. The van der Waals surface area contributed by atoms with Crippen molar-refractivity contribution in [3.8, 4) is 0 Å². The first-order valence-corrected chi connectivity index (χ1v) is 6.58. The van der Waals surface area contributed by atoms with E-state index < -0.39 is 0 Å². The molecular weight excluding hydrogens is 239 g/mol. The number of hydrogen-bond acceptors (Lipinski definition) is 2. The van der Waals surface area contributed by atoms with Gasteiger partial charge in [0.2, 0.25) is 0 Å². The molecule has 0 fully saturated rings. The summed E-state index contributed by atoms with van der Waals surface area (Å²) in [5.41, 5.74) is 10.5. The van der Waals surface area contributed by atoms with Crippen molar-refractivity contribution in [1.29, 1.82) is 0 Å². The maximum atomic E-state index is 13.3. The van der Waals surface area contributed by atoms with E-state index >= 15 is 0 Å². The van der Waals surface area contributed by atoms with Crippen LogP contribution in [0.3, 0.4) is 0 Å². The summed E-state index contributed by atoms with van der Waals surface area (Å²) in [5.74, 6) is -0.288. The molecule has 0 saturated carbocycles. The molecule has 0 aliphatic rings. The van der Waals surface area contributed by atoms with Gasteiger partial charge in [0, 0.05) is 5.69 Å². The Kier molecular flexibility index (Phi) is 4.05. The van der Waals surface area contributed by atoms with Gasteiger partial charge in [-0.1, -0.05) is 32.0 Å². The van der Waals surface area contributed by atoms with Crippen LogP contribution in [0.1, 0.15) is 25.0 Å². The first-order chi connectivity index (χ1) is 9.15. The highest BCUT2D eigenvalue weighted by Gasteiger charge is 2.08. The van der Waals surface area contributed by atoms with Crippen LogP contribution in [-0.4, -0.2) is 0 Å². The predicted octanol–water partition coefficient (Wildman–Crippen LogP) is 4.28. The van der Waals surface area contributed by atoms with Crippen LogP contribution in [0, 0.1) is 5.82 Å². The Balaban J connectivity index is 2.45. The molecule has 3 N–H and O–H groups in total. The maximum Gasteiger partial charge on any atom is 0.125 e. The molecule has 0 saturated heterocycles. The number of nitrogens with one attached hydrogen (secondary N) is 1. The molecule has 2 aromatic carbocycles. The van der Waals surface area contributed by atoms with Gasteiger partial charge in [0.25, 0.3) is 0 Å². The summed E-state index contributed by atoms with van der Waals surface area (Å²) >= 11 is 0. The number of para-hydroxylation sites is 1. The minimum Gasteiger partial charge on any atom is -0.397 e. The minimum absolute atomic E-state index is 0.288. The van der Waals surface area contributed by atoms with Crippen molar-refractivity contribution < 1.29 is 4.39 Å². The van der Waals surface area contributed by atoms with Crippen LogP contribution in [-0.2, 0) is 12.8 Å². The van der Waals surface area contributed by atoms with Crippen molar-refractivity contribution in [3.63, 3.8) is 0 Å². The van der Waals surface area contributed by atoms with Crippen LogP contribution < -0.4 is 11.1 Å². The van der Waals surface area contributed by atoms with Gasteiger partial charge in [0.15, 0.2) is 0 Å².